The van der Waals surface area contributed by atoms with Crippen molar-refractivity contribution < 1.29 is 26.4 Å². The minimum absolute atomic E-state index is 0.00573. The number of aryl methyl sites for hydroxylation is 2. The molecule has 5 heterocycles. The van der Waals surface area contributed by atoms with Crippen molar-refractivity contribution in [2.45, 2.75) is 63.8 Å². The molecular formula is C35H34FN5O6S. The predicted molar refractivity (Wildman–Crippen MR) is 173 cm³/mol. The Morgan fingerprint density at radius 2 is 1.88 bits per heavy atom. The van der Waals surface area contributed by atoms with Gasteiger partial charge in [-0.1, -0.05) is 26.0 Å². The fourth-order valence-corrected chi connectivity index (χ4v) is 9.10. The summed E-state index contributed by atoms with van der Waals surface area (Å²) >= 11 is 0. The van der Waals surface area contributed by atoms with E-state index in [4.69, 9.17) is 23.8 Å². The first-order valence-corrected chi connectivity index (χ1v) is 17.7. The van der Waals surface area contributed by atoms with Gasteiger partial charge >= 0.3 is 5.76 Å². The third kappa shape index (κ3) is 5.73. The molecule has 0 saturated carbocycles. The van der Waals surface area contributed by atoms with Crippen LogP contribution >= 0.6 is 0 Å². The van der Waals surface area contributed by atoms with E-state index >= 15 is 0 Å². The smallest absolute Gasteiger partial charge is 0.420 e. The van der Waals surface area contributed by atoms with Crippen molar-refractivity contribution in [2.24, 2.45) is 11.8 Å². The van der Waals surface area contributed by atoms with Gasteiger partial charge in [0.25, 0.3) is 0 Å². The van der Waals surface area contributed by atoms with Crippen molar-refractivity contribution in [3.63, 3.8) is 0 Å². The Labute approximate surface area is 276 Å². The number of benzene rings is 2. The number of fused-ring (bicyclic) bond motifs is 2. The van der Waals surface area contributed by atoms with Crippen molar-refractivity contribution in [1.82, 2.24) is 19.7 Å². The van der Waals surface area contributed by atoms with Crippen molar-refractivity contribution in [3.8, 4) is 28.7 Å². The number of rotatable bonds is 8. The molecule has 13 heteroatoms. The molecule has 0 N–H and O–H groups in total. The molecule has 7 rings (SSSR count). The monoisotopic (exact) mass is 671 g/mol. The minimum atomic E-state index is -3.79. The Morgan fingerprint density at radius 3 is 2.56 bits per heavy atom. The summed E-state index contributed by atoms with van der Waals surface area (Å²) in [6.07, 6.45) is 3.29. The van der Waals surface area contributed by atoms with Crippen LogP contribution in [-0.4, -0.2) is 47.1 Å². The highest BCUT2D eigenvalue weighted by atomic mass is 32.2. The predicted octanol–water partition coefficient (Wildman–Crippen LogP) is 5.96. The molecule has 5 aromatic rings. The number of sulfone groups is 1. The Hall–Kier alpha value is -4.67. The number of nitriles is 1. The summed E-state index contributed by atoms with van der Waals surface area (Å²) in [6, 6.07) is 11.0. The number of hydrogen-bond acceptors (Lipinski definition) is 10. The van der Waals surface area contributed by atoms with Crippen LogP contribution < -0.4 is 5.76 Å². The average Bonchev–Trinajstić information content (AvgIpc) is 3.71. The van der Waals surface area contributed by atoms with Gasteiger partial charge in [0.05, 0.1) is 45.2 Å². The number of ether oxygens (including phenoxy) is 1. The number of hydrogen-bond donors (Lipinski definition) is 0. The highest BCUT2D eigenvalue weighted by Crippen LogP contribution is 2.48. The zero-order valence-electron chi connectivity index (χ0n) is 26.8. The second-order valence-corrected chi connectivity index (χ2v) is 14.9. The first kappa shape index (κ1) is 31.9. The van der Waals surface area contributed by atoms with Crippen LogP contribution in [-0.2, 0) is 27.5 Å². The Bertz CT molecular complexity index is 2260. The van der Waals surface area contributed by atoms with Crippen LogP contribution in [0.4, 0.5) is 4.39 Å². The third-order valence-electron chi connectivity index (χ3n) is 9.44. The van der Waals surface area contributed by atoms with Gasteiger partial charge in [0.1, 0.15) is 11.9 Å². The van der Waals surface area contributed by atoms with Crippen LogP contribution in [0, 0.1) is 35.9 Å². The van der Waals surface area contributed by atoms with Crippen molar-refractivity contribution >= 4 is 20.9 Å². The van der Waals surface area contributed by atoms with E-state index in [9.17, 15) is 17.6 Å². The summed E-state index contributed by atoms with van der Waals surface area (Å²) in [5.74, 6) is -0.763. The largest absolute Gasteiger partial charge is 0.421 e. The Morgan fingerprint density at radius 1 is 1.08 bits per heavy atom. The van der Waals surface area contributed by atoms with E-state index in [1.54, 1.807) is 37.3 Å². The molecular weight excluding hydrogens is 637 g/mol. The summed E-state index contributed by atoms with van der Waals surface area (Å²) < 4.78 is 61.0. The summed E-state index contributed by atoms with van der Waals surface area (Å²) in [5, 5.41) is 17.5. The van der Waals surface area contributed by atoms with Crippen LogP contribution in [0.15, 0.2) is 54.9 Å². The molecule has 3 aromatic heterocycles. The molecule has 1 fully saturated rings. The standard InChI is InChI=1S/C35H34FN5O6S/c1-19(2)25-18-48(43,44)33-30(31(34-40-39-20(3)46-34)27(38-32(25)33)8-5-21-10-12-45-13-11-21)23-7-9-28-29(15-23)47-35(42)41(28)17-22-4-6-24(16-37)26(36)14-22/h4,6-7,9,14-15,19,21,25H,5,8,10-13,17-18H2,1-3H3. The lowest BCUT2D eigenvalue weighted by Crippen LogP contribution is -2.17. The summed E-state index contributed by atoms with van der Waals surface area (Å²) in [6.45, 7) is 7.09. The normalized spacial score (nSPS) is 17.6. The second-order valence-electron chi connectivity index (χ2n) is 12.9. The number of halogens is 1. The molecule has 48 heavy (non-hydrogen) atoms. The molecule has 1 saturated heterocycles. The van der Waals surface area contributed by atoms with E-state index in [1.165, 1.54) is 16.7 Å². The fourth-order valence-electron chi connectivity index (χ4n) is 6.87. The molecule has 0 amide bonds. The highest BCUT2D eigenvalue weighted by Gasteiger charge is 2.43. The fraction of sp³-hybridized carbons (Fsp3) is 0.400. The maximum Gasteiger partial charge on any atom is 0.420 e. The topological polar surface area (TPSA) is 154 Å². The molecule has 0 bridgehead atoms. The zero-order valence-corrected chi connectivity index (χ0v) is 27.6. The highest BCUT2D eigenvalue weighted by molar-refractivity contribution is 7.92. The first-order valence-electron chi connectivity index (χ1n) is 16.0. The van der Waals surface area contributed by atoms with E-state index in [0.717, 1.165) is 19.3 Å². The van der Waals surface area contributed by atoms with E-state index < -0.39 is 21.4 Å². The molecule has 1 atom stereocenters. The van der Waals surface area contributed by atoms with E-state index in [-0.39, 0.29) is 46.1 Å². The van der Waals surface area contributed by atoms with Crippen LogP contribution in [0.1, 0.15) is 67.4 Å². The van der Waals surface area contributed by atoms with Crippen molar-refractivity contribution in [1.29, 1.82) is 5.26 Å². The maximum atomic E-state index is 14.3. The zero-order chi connectivity index (χ0) is 33.7. The van der Waals surface area contributed by atoms with Gasteiger partial charge in [-0.25, -0.2) is 17.6 Å². The molecule has 11 nitrogen and oxygen atoms in total. The van der Waals surface area contributed by atoms with Gasteiger partial charge in [-0.2, -0.15) is 5.26 Å². The average molecular weight is 672 g/mol. The maximum absolute atomic E-state index is 14.3. The van der Waals surface area contributed by atoms with Gasteiger partial charge in [0.15, 0.2) is 15.4 Å². The van der Waals surface area contributed by atoms with Crippen LogP contribution in [0.5, 0.6) is 0 Å². The van der Waals surface area contributed by atoms with E-state index in [2.05, 4.69) is 10.2 Å². The second kappa shape index (κ2) is 12.4. The van der Waals surface area contributed by atoms with Crippen LogP contribution in [0.3, 0.4) is 0 Å². The SMILES string of the molecule is Cc1nnc(-c2c(CCC3CCOCC3)nc3c(c2-c2ccc4c(c2)oc(=O)n4Cc2ccc(C#N)c(F)c2)S(=O)(=O)CC3C(C)C)o1. The molecule has 0 aliphatic carbocycles. The lowest BCUT2D eigenvalue weighted by atomic mass is 9.88. The quantitative estimate of drug-likeness (QED) is 0.193. The Balaban J connectivity index is 1.42. The number of nitrogens with zero attached hydrogens (tertiary/aromatic N) is 5. The van der Waals surface area contributed by atoms with Gasteiger partial charge < -0.3 is 13.6 Å². The van der Waals surface area contributed by atoms with Gasteiger partial charge in [0.2, 0.25) is 11.8 Å². The number of oxazole rings is 1. The minimum Gasteiger partial charge on any atom is -0.421 e. The molecule has 2 aliphatic rings. The molecule has 1 unspecified atom stereocenters. The van der Waals surface area contributed by atoms with Crippen LogP contribution in [0.2, 0.25) is 0 Å². The lowest BCUT2D eigenvalue weighted by Gasteiger charge is -2.23. The van der Waals surface area contributed by atoms with Gasteiger partial charge in [-0.15, -0.1) is 10.2 Å². The lowest BCUT2D eigenvalue weighted by molar-refractivity contribution is 0.0639. The van der Waals surface area contributed by atoms with Gasteiger partial charge in [-0.05, 0) is 72.9 Å². The summed E-state index contributed by atoms with van der Waals surface area (Å²) in [5.41, 5.74) is 3.63. The molecule has 0 radical (unpaired) electrons. The van der Waals surface area contributed by atoms with Crippen molar-refractivity contribution in [2.75, 3.05) is 19.0 Å². The number of pyridine rings is 1. The van der Waals surface area contributed by atoms with Crippen molar-refractivity contribution in [3.05, 3.63) is 81.2 Å². The van der Waals surface area contributed by atoms with E-state index in [1.807, 2.05) is 13.8 Å². The van der Waals surface area contributed by atoms with Gasteiger partial charge in [-0.3, -0.25) is 9.55 Å². The van der Waals surface area contributed by atoms with Gasteiger partial charge in [0, 0.05) is 31.6 Å². The first-order chi connectivity index (χ1) is 23.0. The van der Waals surface area contributed by atoms with Crippen LogP contribution in [0.25, 0.3) is 33.7 Å². The molecule has 248 valence electrons. The summed E-state index contributed by atoms with van der Waals surface area (Å²) in [7, 11) is -3.79. The Kier molecular flexibility index (Phi) is 8.25. The number of aromatic nitrogens is 4. The molecule has 0 spiro atoms. The molecule has 2 aliphatic heterocycles. The summed E-state index contributed by atoms with van der Waals surface area (Å²) in [4.78, 5) is 18.3. The third-order valence-corrected chi connectivity index (χ3v) is 11.3. The molecule has 2 aromatic carbocycles. The van der Waals surface area contributed by atoms with E-state index in [0.29, 0.717) is 70.6 Å².